The SMILES string of the molecule is COc1cc(-c2nc(N3CCOC[C@H]3C)cc([C@@]3(C)CCCS3(=O)=O)n2)cc(C)n1. The first-order valence-electron chi connectivity index (χ1n) is 10.2. The van der Waals surface area contributed by atoms with Crippen molar-refractivity contribution in [3.05, 3.63) is 29.6 Å². The van der Waals surface area contributed by atoms with Crippen LogP contribution in [-0.4, -0.2) is 62.0 Å². The molecule has 30 heavy (non-hydrogen) atoms. The lowest BCUT2D eigenvalue weighted by Crippen LogP contribution is -2.44. The molecule has 4 heterocycles. The van der Waals surface area contributed by atoms with Crippen LogP contribution in [0.15, 0.2) is 18.2 Å². The molecule has 162 valence electrons. The van der Waals surface area contributed by atoms with Crippen LogP contribution < -0.4 is 9.64 Å². The predicted octanol–water partition coefficient (Wildman–Crippen LogP) is 2.50. The zero-order chi connectivity index (χ0) is 21.5. The van der Waals surface area contributed by atoms with Crippen LogP contribution in [0.4, 0.5) is 5.82 Å². The largest absolute Gasteiger partial charge is 0.481 e. The van der Waals surface area contributed by atoms with Gasteiger partial charge in [-0.25, -0.2) is 23.4 Å². The molecule has 9 heteroatoms. The topological polar surface area (TPSA) is 94.5 Å². The second-order valence-electron chi connectivity index (χ2n) is 8.25. The molecule has 0 spiro atoms. The minimum atomic E-state index is -3.29. The Kier molecular flexibility index (Phi) is 5.44. The van der Waals surface area contributed by atoms with Crippen molar-refractivity contribution in [3.8, 4) is 17.3 Å². The second kappa shape index (κ2) is 7.77. The van der Waals surface area contributed by atoms with Gasteiger partial charge in [-0.15, -0.1) is 0 Å². The van der Waals surface area contributed by atoms with Crippen LogP contribution in [0.5, 0.6) is 5.88 Å². The van der Waals surface area contributed by atoms with Gasteiger partial charge in [0, 0.05) is 29.9 Å². The Bertz CT molecular complexity index is 1060. The van der Waals surface area contributed by atoms with Crippen LogP contribution in [0, 0.1) is 6.92 Å². The van der Waals surface area contributed by atoms with Crippen LogP contribution in [-0.2, 0) is 19.3 Å². The summed E-state index contributed by atoms with van der Waals surface area (Å²) in [5, 5.41) is 0. The summed E-state index contributed by atoms with van der Waals surface area (Å²) in [6, 6.07) is 5.65. The van der Waals surface area contributed by atoms with Crippen molar-refractivity contribution in [1.29, 1.82) is 0 Å². The van der Waals surface area contributed by atoms with Gasteiger partial charge >= 0.3 is 0 Å². The number of sulfone groups is 1. The van der Waals surface area contributed by atoms with Gasteiger partial charge in [-0.05, 0) is 39.7 Å². The Morgan fingerprint density at radius 2 is 2.03 bits per heavy atom. The van der Waals surface area contributed by atoms with E-state index in [9.17, 15) is 8.42 Å². The third kappa shape index (κ3) is 3.65. The summed E-state index contributed by atoms with van der Waals surface area (Å²) in [6.45, 7) is 7.65. The number of rotatable bonds is 4. The van der Waals surface area contributed by atoms with E-state index < -0.39 is 14.6 Å². The average Bonchev–Trinajstić information content (AvgIpc) is 3.01. The summed E-state index contributed by atoms with van der Waals surface area (Å²) in [4.78, 5) is 16.1. The summed E-state index contributed by atoms with van der Waals surface area (Å²) in [5.74, 6) is 1.87. The molecule has 2 aliphatic rings. The number of nitrogens with zero attached hydrogens (tertiary/aromatic N) is 4. The van der Waals surface area contributed by atoms with E-state index in [1.807, 2.05) is 19.1 Å². The highest BCUT2D eigenvalue weighted by molar-refractivity contribution is 7.92. The van der Waals surface area contributed by atoms with Crippen molar-refractivity contribution in [3.63, 3.8) is 0 Å². The molecule has 0 aromatic carbocycles. The quantitative estimate of drug-likeness (QED) is 0.727. The van der Waals surface area contributed by atoms with Crippen LogP contribution in [0.25, 0.3) is 11.4 Å². The van der Waals surface area contributed by atoms with E-state index in [4.69, 9.17) is 19.4 Å². The van der Waals surface area contributed by atoms with Crippen LogP contribution in [0.3, 0.4) is 0 Å². The van der Waals surface area contributed by atoms with E-state index in [0.717, 1.165) is 17.1 Å². The molecular weight excluding hydrogens is 404 g/mol. The Hall–Kier alpha value is -2.26. The van der Waals surface area contributed by atoms with E-state index in [0.29, 0.717) is 50.0 Å². The molecule has 0 unspecified atom stereocenters. The van der Waals surface area contributed by atoms with Gasteiger partial charge in [0.2, 0.25) is 5.88 Å². The lowest BCUT2D eigenvalue weighted by atomic mass is 10.0. The van der Waals surface area contributed by atoms with Gasteiger partial charge in [-0.3, -0.25) is 0 Å². The third-order valence-electron chi connectivity index (χ3n) is 6.07. The molecule has 0 N–H and O–H groups in total. The fourth-order valence-corrected chi connectivity index (χ4v) is 6.04. The average molecular weight is 433 g/mol. The maximum atomic E-state index is 12.9. The number of aromatic nitrogens is 3. The highest BCUT2D eigenvalue weighted by Gasteiger charge is 2.46. The maximum Gasteiger partial charge on any atom is 0.213 e. The lowest BCUT2D eigenvalue weighted by Gasteiger charge is -2.35. The summed E-state index contributed by atoms with van der Waals surface area (Å²) < 4.78 is 35.7. The molecule has 0 saturated carbocycles. The molecule has 2 fully saturated rings. The first-order chi connectivity index (χ1) is 14.2. The van der Waals surface area contributed by atoms with Gasteiger partial charge < -0.3 is 14.4 Å². The van der Waals surface area contributed by atoms with Gasteiger partial charge in [0.15, 0.2) is 15.7 Å². The number of aryl methyl sites for hydroxylation is 1. The van der Waals surface area contributed by atoms with Gasteiger partial charge in [0.05, 0.1) is 37.8 Å². The molecule has 4 rings (SSSR count). The van der Waals surface area contributed by atoms with E-state index in [-0.39, 0.29) is 11.8 Å². The number of hydrogen-bond acceptors (Lipinski definition) is 8. The molecule has 2 atom stereocenters. The van der Waals surface area contributed by atoms with E-state index in [1.54, 1.807) is 20.1 Å². The summed E-state index contributed by atoms with van der Waals surface area (Å²) in [6.07, 6.45) is 1.20. The maximum absolute atomic E-state index is 12.9. The smallest absolute Gasteiger partial charge is 0.213 e. The number of hydrogen-bond donors (Lipinski definition) is 0. The van der Waals surface area contributed by atoms with E-state index >= 15 is 0 Å². The fourth-order valence-electron chi connectivity index (χ4n) is 4.19. The van der Waals surface area contributed by atoms with Crippen molar-refractivity contribution in [1.82, 2.24) is 15.0 Å². The standard InChI is InChI=1S/C21H28N4O4S/c1-14-10-16(11-19(22-14)28-4)20-23-17(21(3)6-5-9-30(21,26)27)12-18(24-20)25-7-8-29-13-15(25)2/h10-12,15H,5-9,13H2,1-4H3/t15-,21-/m1/s1. The predicted molar refractivity (Wildman–Crippen MR) is 115 cm³/mol. The zero-order valence-corrected chi connectivity index (χ0v) is 18.7. The molecule has 8 nitrogen and oxygen atoms in total. The number of anilines is 1. The van der Waals surface area contributed by atoms with Crippen LogP contribution in [0.2, 0.25) is 0 Å². The first-order valence-corrected chi connectivity index (χ1v) is 11.9. The van der Waals surface area contributed by atoms with Crippen LogP contribution >= 0.6 is 0 Å². The molecule has 2 saturated heterocycles. The Morgan fingerprint density at radius 3 is 2.70 bits per heavy atom. The van der Waals surface area contributed by atoms with Crippen LogP contribution in [0.1, 0.15) is 38.1 Å². The molecule has 2 aromatic rings. The highest BCUT2D eigenvalue weighted by Crippen LogP contribution is 2.42. The first kappa shape index (κ1) is 21.0. The molecule has 2 aromatic heterocycles. The fraction of sp³-hybridized carbons (Fsp3) is 0.571. The Balaban J connectivity index is 1.90. The highest BCUT2D eigenvalue weighted by atomic mass is 32.2. The second-order valence-corrected chi connectivity index (χ2v) is 10.8. The third-order valence-corrected chi connectivity index (χ3v) is 8.68. The Morgan fingerprint density at radius 1 is 1.23 bits per heavy atom. The summed E-state index contributed by atoms with van der Waals surface area (Å²) in [7, 11) is -1.73. The van der Waals surface area contributed by atoms with Gasteiger partial charge in [-0.2, -0.15) is 0 Å². The minimum Gasteiger partial charge on any atom is -0.481 e. The monoisotopic (exact) mass is 432 g/mol. The lowest BCUT2D eigenvalue weighted by molar-refractivity contribution is 0.0985. The van der Waals surface area contributed by atoms with Crippen molar-refractivity contribution < 1.29 is 17.9 Å². The molecular formula is C21H28N4O4S. The number of morpholine rings is 1. The van der Waals surface area contributed by atoms with E-state index in [1.165, 1.54) is 0 Å². The minimum absolute atomic E-state index is 0.135. The number of pyridine rings is 1. The van der Waals surface area contributed by atoms with Gasteiger partial charge in [0.1, 0.15) is 10.6 Å². The molecule has 0 radical (unpaired) electrons. The van der Waals surface area contributed by atoms with E-state index in [2.05, 4.69) is 16.8 Å². The molecule has 0 aliphatic carbocycles. The van der Waals surface area contributed by atoms with Gasteiger partial charge in [0.25, 0.3) is 0 Å². The zero-order valence-electron chi connectivity index (χ0n) is 17.9. The van der Waals surface area contributed by atoms with Crippen molar-refractivity contribution >= 4 is 15.7 Å². The summed E-state index contributed by atoms with van der Waals surface area (Å²) >= 11 is 0. The van der Waals surface area contributed by atoms with Crippen molar-refractivity contribution in [2.24, 2.45) is 0 Å². The molecule has 2 aliphatic heterocycles. The van der Waals surface area contributed by atoms with Crippen molar-refractivity contribution in [2.75, 3.05) is 37.5 Å². The van der Waals surface area contributed by atoms with Gasteiger partial charge in [-0.1, -0.05) is 0 Å². The van der Waals surface area contributed by atoms with Crippen molar-refractivity contribution in [2.45, 2.75) is 44.4 Å². The normalized spacial score (nSPS) is 26.0. The summed E-state index contributed by atoms with van der Waals surface area (Å²) in [5.41, 5.74) is 2.08. The molecule has 0 amide bonds. The number of methoxy groups -OCH3 is 1. The molecule has 0 bridgehead atoms. The number of ether oxygens (including phenoxy) is 2. The Labute approximate surface area is 177 Å².